The number of anilines is 2. The zero-order valence-electron chi connectivity index (χ0n) is 16.7. The van der Waals surface area contributed by atoms with Gasteiger partial charge in [-0.05, 0) is 66.1 Å². The Balaban J connectivity index is 2.03. The molecule has 0 aliphatic carbocycles. The Morgan fingerprint density at radius 2 is 1.85 bits per heavy atom. The van der Waals surface area contributed by atoms with Crippen molar-refractivity contribution in [1.82, 2.24) is 0 Å². The highest BCUT2D eigenvalue weighted by molar-refractivity contribution is 7.92. The van der Waals surface area contributed by atoms with Crippen molar-refractivity contribution in [3.8, 4) is 0 Å². The lowest BCUT2D eigenvalue weighted by atomic mass is 9.93. The maximum Gasteiger partial charge on any atom is 0.264 e. The summed E-state index contributed by atoms with van der Waals surface area (Å²) in [6.07, 6.45) is 1.96. The van der Waals surface area contributed by atoms with Crippen molar-refractivity contribution in [3.63, 3.8) is 0 Å². The van der Waals surface area contributed by atoms with Crippen molar-refractivity contribution < 1.29 is 8.42 Å². The van der Waals surface area contributed by atoms with Gasteiger partial charge in [-0.3, -0.25) is 4.31 Å². The Bertz CT molecular complexity index is 889. The quantitative estimate of drug-likeness (QED) is 0.758. The summed E-state index contributed by atoms with van der Waals surface area (Å²) < 4.78 is 28.6. The fourth-order valence-corrected chi connectivity index (χ4v) is 5.21. The van der Waals surface area contributed by atoms with Crippen molar-refractivity contribution >= 4 is 21.4 Å². The molecule has 0 amide bonds. The lowest BCUT2D eigenvalue weighted by Crippen LogP contribution is -2.34. The molecule has 0 saturated heterocycles. The van der Waals surface area contributed by atoms with Crippen molar-refractivity contribution in [2.75, 3.05) is 22.7 Å². The van der Waals surface area contributed by atoms with Crippen LogP contribution in [0.5, 0.6) is 0 Å². The van der Waals surface area contributed by atoms with E-state index in [0.717, 1.165) is 36.3 Å². The lowest BCUT2D eigenvalue weighted by Gasteiger charge is -2.28. The first-order chi connectivity index (χ1) is 12.8. The molecule has 0 spiro atoms. The monoisotopic (exact) mass is 386 g/mol. The van der Waals surface area contributed by atoms with Gasteiger partial charge in [-0.25, -0.2) is 8.42 Å². The molecule has 1 heterocycles. The van der Waals surface area contributed by atoms with Crippen LogP contribution < -0.4 is 9.62 Å². The van der Waals surface area contributed by atoms with Crippen LogP contribution in [0.25, 0.3) is 0 Å². The molecule has 0 saturated carbocycles. The van der Waals surface area contributed by atoms with Gasteiger partial charge in [-0.1, -0.05) is 39.8 Å². The van der Waals surface area contributed by atoms with Crippen LogP contribution in [0, 0.1) is 5.92 Å². The van der Waals surface area contributed by atoms with Crippen LogP contribution in [0.3, 0.4) is 0 Å². The third-order valence-corrected chi connectivity index (χ3v) is 6.99. The van der Waals surface area contributed by atoms with Gasteiger partial charge in [0.2, 0.25) is 0 Å². The number of hydrogen-bond acceptors (Lipinski definition) is 3. The summed E-state index contributed by atoms with van der Waals surface area (Å²) in [6, 6.07) is 13.4. The maximum atomic E-state index is 13.5. The minimum absolute atomic E-state index is 0.226. The fourth-order valence-electron chi connectivity index (χ4n) is 3.55. The van der Waals surface area contributed by atoms with Crippen molar-refractivity contribution in [2.24, 2.45) is 5.92 Å². The van der Waals surface area contributed by atoms with E-state index in [2.05, 4.69) is 19.2 Å². The molecule has 3 rings (SSSR count). The minimum Gasteiger partial charge on any atom is -0.385 e. The number of nitrogens with zero attached hydrogens (tertiary/aromatic N) is 1. The van der Waals surface area contributed by atoms with Crippen LogP contribution >= 0.6 is 0 Å². The molecule has 1 unspecified atom stereocenters. The average molecular weight is 387 g/mol. The summed E-state index contributed by atoms with van der Waals surface area (Å²) in [5.74, 6) is 0.586. The third-order valence-electron chi connectivity index (χ3n) is 5.20. The summed E-state index contributed by atoms with van der Waals surface area (Å²) in [5, 5.41) is 3.37. The van der Waals surface area contributed by atoms with Crippen LogP contribution in [0.4, 0.5) is 11.4 Å². The van der Waals surface area contributed by atoms with E-state index < -0.39 is 10.0 Å². The number of rotatable bonds is 6. The van der Waals surface area contributed by atoms with Crippen molar-refractivity contribution in [3.05, 3.63) is 53.6 Å². The first-order valence-electron chi connectivity index (χ1n) is 9.82. The molecule has 4 nitrogen and oxygen atoms in total. The van der Waals surface area contributed by atoms with Gasteiger partial charge in [0.15, 0.2) is 0 Å². The second-order valence-electron chi connectivity index (χ2n) is 7.82. The molecular formula is C22H30N2O2S. The van der Waals surface area contributed by atoms with E-state index in [1.165, 1.54) is 5.56 Å². The number of aryl methyl sites for hydroxylation is 1. The highest BCUT2D eigenvalue weighted by Gasteiger charge is 2.27. The zero-order chi connectivity index (χ0) is 19.6. The number of nitrogens with one attached hydrogen (secondary N) is 1. The van der Waals surface area contributed by atoms with Crippen molar-refractivity contribution in [1.29, 1.82) is 0 Å². The molecule has 2 aromatic rings. The van der Waals surface area contributed by atoms with E-state index in [4.69, 9.17) is 0 Å². The van der Waals surface area contributed by atoms with E-state index in [-0.39, 0.29) is 5.92 Å². The van der Waals surface area contributed by atoms with Crippen LogP contribution in [0.15, 0.2) is 47.4 Å². The fraction of sp³-hybridized carbons (Fsp3) is 0.455. The van der Waals surface area contributed by atoms with E-state index in [0.29, 0.717) is 17.4 Å². The summed E-state index contributed by atoms with van der Waals surface area (Å²) in [7, 11) is -3.62. The molecule has 5 heteroatoms. The van der Waals surface area contributed by atoms with Crippen LogP contribution in [0.2, 0.25) is 0 Å². The topological polar surface area (TPSA) is 49.4 Å². The highest BCUT2D eigenvalue weighted by Crippen LogP contribution is 2.34. The summed E-state index contributed by atoms with van der Waals surface area (Å²) in [4.78, 5) is 0.372. The molecular weight excluding hydrogens is 356 g/mol. The summed E-state index contributed by atoms with van der Waals surface area (Å²) >= 11 is 0. The first-order valence-corrected chi connectivity index (χ1v) is 11.3. The molecule has 146 valence electrons. The minimum atomic E-state index is -3.62. The van der Waals surface area contributed by atoms with Gasteiger partial charge in [0.05, 0.1) is 10.6 Å². The van der Waals surface area contributed by atoms with E-state index in [1.807, 2.05) is 50.2 Å². The summed E-state index contributed by atoms with van der Waals surface area (Å²) in [5.41, 5.74) is 4.07. The van der Waals surface area contributed by atoms with Gasteiger partial charge in [0.25, 0.3) is 10.0 Å². The number of hydrogen-bond donors (Lipinski definition) is 1. The molecule has 1 aliphatic heterocycles. The first kappa shape index (κ1) is 19.7. The number of fused-ring (bicyclic) bond motifs is 1. The predicted octanol–water partition coefficient (Wildman–Crippen LogP) is 5.02. The second-order valence-corrected chi connectivity index (χ2v) is 9.68. The molecule has 0 radical (unpaired) electrons. The molecule has 0 aromatic heterocycles. The van der Waals surface area contributed by atoms with E-state index in [9.17, 15) is 8.42 Å². The molecule has 2 aromatic carbocycles. The second kappa shape index (κ2) is 7.93. The Morgan fingerprint density at radius 1 is 1.15 bits per heavy atom. The Kier molecular flexibility index (Phi) is 5.80. The average Bonchev–Trinajstić information content (AvgIpc) is 2.66. The Morgan fingerprint density at radius 3 is 2.48 bits per heavy atom. The van der Waals surface area contributed by atoms with E-state index in [1.54, 1.807) is 10.4 Å². The smallest absolute Gasteiger partial charge is 0.264 e. The normalized spacial score (nSPS) is 16.7. The van der Waals surface area contributed by atoms with Gasteiger partial charge in [0, 0.05) is 18.8 Å². The molecule has 1 N–H and O–H groups in total. The molecule has 27 heavy (non-hydrogen) atoms. The van der Waals surface area contributed by atoms with Crippen molar-refractivity contribution in [2.45, 2.75) is 51.3 Å². The number of sulfonamides is 1. The standard InChI is InChI=1S/C22H30N2O2S/c1-5-18-6-8-19(9-7-18)24(15-16(2)3)27(25,26)20-10-11-22-21(14-20)17(4)12-13-23-22/h6-11,14,16-17,23H,5,12-13,15H2,1-4H3. The lowest BCUT2D eigenvalue weighted by molar-refractivity contribution is 0.577. The SMILES string of the molecule is CCc1ccc(N(CC(C)C)S(=O)(=O)c2ccc3c(c2)C(C)CCN3)cc1. The van der Waals surface area contributed by atoms with Gasteiger partial charge in [-0.15, -0.1) is 0 Å². The highest BCUT2D eigenvalue weighted by atomic mass is 32.2. The summed E-state index contributed by atoms with van der Waals surface area (Å²) in [6.45, 7) is 9.73. The van der Waals surface area contributed by atoms with Gasteiger partial charge in [0.1, 0.15) is 0 Å². The van der Waals surface area contributed by atoms with E-state index >= 15 is 0 Å². The molecule has 0 bridgehead atoms. The third kappa shape index (κ3) is 4.13. The van der Waals surface area contributed by atoms with Gasteiger partial charge >= 0.3 is 0 Å². The molecule has 1 atom stereocenters. The number of benzene rings is 2. The molecule has 0 fully saturated rings. The Hall–Kier alpha value is -2.01. The Labute approximate surface area is 163 Å². The van der Waals surface area contributed by atoms with Crippen LogP contribution in [-0.2, 0) is 16.4 Å². The van der Waals surface area contributed by atoms with Crippen LogP contribution in [-0.4, -0.2) is 21.5 Å². The maximum absolute atomic E-state index is 13.5. The van der Waals surface area contributed by atoms with Crippen LogP contribution in [0.1, 0.15) is 51.2 Å². The van der Waals surface area contributed by atoms with Gasteiger partial charge < -0.3 is 5.32 Å². The van der Waals surface area contributed by atoms with Gasteiger partial charge in [-0.2, -0.15) is 0 Å². The molecule has 1 aliphatic rings. The zero-order valence-corrected chi connectivity index (χ0v) is 17.5. The largest absolute Gasteiger partial charge is 0.385 e. The predicted molar refractivity (Wildman–Crippen MR) is 113 cm³/mol.